The maximum Gasteiger partial charge on any atom is 0.269 e. The number of aromatic nitrogens is 4. The van der Waals surface area contributed by atoms with Crippen LogP contribution in [0.3, 0.4) is 0 Å². The Morgan fingerprint density at radius 1 is 0.544 bits per heavy atom. The third-order valence-electron chi connectivity index (χ3n) is 10.8. The molecule has 0 unspecified atom stereocenters. The second kappa shape index (κ2) is 13.8. The summed E-state index contributed by atoms with van der Waals surface area (Å²) >= 11 is 0. The van der Waals surface area contributed by atoms with Crippen molar-refractivity contribution in [1.82, 2.24) is 14.1 Å². The van der Waals surface area contributed by atoms with Gasteiger partial charge in [0.2, 0.25) is 0 Å². The minimum atomic E-state index is -0.00715. The van der Waals surface area contributed by atoms with Crippen LogP contribution in [0.4, 0.5) is 0 Å². The molecule has 0 radical (unpaired) electrons. The third kappa shape index (κ3) is 6.14. The molecular formula is C52H40N4O. The quantitative estimate of drug-likeness (QED) is 0.121. The first-order valence-electron chi connectivity index (χ1n) is 19.4. The van der Waals surface area contributed by atoms with Crippen LogP contribution in [0, 0.1) is 6.33 Å². The standard InChI is InChI=1S/C52H40N4O/c1-52(2,3)37-30-31-53-50(32-37)56-47-26-13-12-24-44(47)45-29-28-41(34-49(45)56)57-40-21-14-20-39(33-40)54-35-55(38-18-8-5-9-19-38)51-46(25-15-27-48(51)54)43-23-11-10-22-42(43)36-16-6-4-7-17-36/h4-34H,1-3H3. The van der Waals surface area contributed by atoms with Gasteiger partial charge in [0.15, 0.2) is 0 Å². The smallest absolute Gasteiger partial charge is 0.269 e. The molecule has 0 bridgehead atoms. The highest BCUT2D eigenvalue weighted by atomic mass is 16.5. The Bertz CT molecular complexity index is 3080. The third-order valence-corrected chi connectivity index (χ3v) is 10.8. The number of nitrogens with zero attached hydrogens (tertiary/aromatic N) is 4. The van der Waals surface area contributed by atoms with E-state index < -0.39 is 0 Å². The summed E-state index contributed by atoms with van der Waals surface area (Å²) in [4.78, 5) is 4.86. The highest BCUT2D eigenvalue weighted by Crippen LogP contribution is 2.38. The molecule has 10 aromatic rings. The van der Waals surface area contributed by atoms with Crippen LogP contribution in [0.5, 0.6) is 11.5 Å². The molecule has 10 rings (SSSR count). The summed E-state index contributed by atoms with van der Waals surface area (Å²) in [6, 6.07) is 63.6. The zero-order valence-corrected chi connectivity index (χ0v) is 32.1. The van der Waals surface area contributed by atoms with E-state index in [4.69, 9.17) is 9.72 Å². The van der Waals surface area contributed by atoms with Gasteiger partial charge >= 0.3 is 0 Å². The number of pyridine rings is 1. The summed E-state index contributed by atoms with van der Waals surface area (Å²) in [7, 11) is 0. The molecule has 0 amide bonds. The van der Waals surface area contributed by atoms with Crippen LogP contribution in [-0.4, -0.2) is 14.1 Å². The number of imidazole rings is 1. The van der Waals surface area contributed by atoms with E-state index in [-0.39, 0.29) is 5.41 Å². The fourth-order valence-corrected chi connectivity index (χ4v) is 8.01. The molecule has 0 aliphatic carbocycles. The average Bonchev–Trinajstić information content (AvgIpc) is 3.81. The van der Waals surface area contributed by atoms with Gasteiger partial charge in [0, 0.05) is 23.0 Å². The van der Waals surface area contributed by atoms with Crippen molar-refractivity contribution in [3.8, 4) is 50.9 Å². The van der Waals surface area contributed by atoms with Crippen molar-refractivity contribution in [1.29, 1.82) is 0 Å². The van der Waals surface area contributed by atoms with E-state index in [0.29, 0.717) is 0 Å². The van der Waals surface area contributed by atoms with Crippen molar-refractivity contribution >= 4 is 32.8 Å². The minimum Gasteiger partial charge on any atom is -0.458 e. The molecule has 57 heavy (non-hydrogen) atoms. The zero-order chi connectivity index (χ0) is 38.5. The molecule has 0 spiro atoms. The summed E-state index contributed by atoms with van der Waals surface area (Å²) < 4.78 is 13.3. The van der Waals surface area contributed by atoms with Gasteiger partial charge in [-0.15, -0.1) is 0 Å². The molecule has 0 saturated heterocycles. The van der Waals surface area contributed by atoms with Gasteiger partial charge in [-0.2, -0.15) is 0 Å². The second-order valence-corrected chi connectivity index (χ2v) is 15.5. The van der Waals surface area contributed by atoms with Crippen LogP contribution in [-0.2, 0) is 5.41 Å². The first kappa shape index (κ1) is 34.3. The number of hydrogen-bond acceptors (Lipinski definition) is 2. The second-order valence-electron chi connectivity index (χ2n) is 15.5. The summed E-state index contributed by atoms with van der Waals surface area (Å²) in [6.07, 6.45) is 5.64. The Morgan fingerprint density at radius 3 is 2.04 bits per heavy atom. The summed E-state index contributed by atoms with van der Waals surface area (Å²) in [6.45, 7) is 6.70. The molecule has 0 saturated carbocycles. The number of para-hydroxylation sites is 3. The summed E-state index contributed by atoms with van der Waals surface area (Å²) in [5, 5.41) is 2.33. The van der Waals surface area contributed by atoms with Crippen LogP contribution in [0.25, 0.3) is 72.3 Å². The Hall–Kier alpha value is -7.24. The molecule has 0 aliphatic rings. The van der Waals surface area contributed by atoms with Crippen molar-refractivity contribution in [2.45, 2.75) is 26.2 Å². The molecule has 3 aromatic heterocycles. The first-order valence-corrected chi connectivity index (χ1v) is 19.4. The van der Waals surface area contributed by atoms with Crippen molar-refractivity contribution in [3.05, 3.63) is 200 Å². The fourth-order valence-electron chi connectivity index (χ4n) is 8.01. The van der Waals surface area contributed by atoms with Gasteiger partial charge in [-0.25, -0.2) is 4.98 Å². The molecule has 5 heteroatoms. The van der Waals surface area contributed by atoms with Crippen molar-refractivity contribution in [3.63, 3.8) is 0 Å². The number of ether oxygens (including phenoxy) is 1. The van der Waals surface area contributed by atoms with E-state index in [1.807, 2.05) is 24.4 Å². The molecule has 0 fully saturated rings. The molecular weight excluding hydrogens is 697 g/mol. The monoisotopic (exact) mass is 736 g/mol. The van der Waals surface area contributed by atoms with Gasteiger partial charge in [0.05, 0.1) is 33.4 Å². The Morgan fingerprint density at radius 2 is 1.21 bits per heavy atom. The van der Waals surface area contributed by atoms with E-state index in [1.165, 1.54) is 22.1 Å². The molecule has 5 nitrogen and oxygen atoms in total. The molecule has 274 valence electrons. The SMILES string of the molecule is CC(C)(C)c1ccnc(-n2c3ccccc3c3ccc(Oc4cccc(-n5[c-][n+](-c6ccccc6)c6c(-c7ccccc7-c7ccccc7)cccc65)c4)cc32)c1. The lowest BCUT2D eigenvalue weighted by atomic mass is 9.88. The predicted molar refractivity (Wildman–Crippen MR) is 232 cm³/mol. The summed E-state index contributed by atoms with van der Waals surface area (Å²) in [5.41, 5.74) is 12.1. The van der Waals surface area contributed by atoms with Crippen molar-refractivity contribution < 1.29 is 9.30 Å². The summed E-state index contributed by atoms with van der Waals surface area (Å²) in [5.74, 6) is 2.37. The highest BCUT2D eigenvalue weighted by molar-refractivity contribution is 6.09. The van der Waals surface area contributed by atoms with Crippen LogP contribution in [0.2, 0.25) is 0 Å². The number of rotatable bonds is 7. The predicted octanol–water partition coefficient (Wildman–Crippen LogP) is 12.6. The van der Waals surface area contributed by atoms with E-state index in [2.05, 4.69) is 205 Å². The molecule has 3 heterocycles. The van der Waals surface area contributed by atoms with E-state index >= 15 is 0 Å². The van der Waals surface area contributed by atoms with Crippen LogP contribution >= 0.6 is 0 Å². The van der Waals surface area contributed by atoms with Gasteiger partial charge in [0.25, 0.3) is 6.33 Å². The fraction of sp³-hybridized carbons (Fsp3) is 0.0769. The van der Waals surface area contributed by atoms with E-state index in [0.717, 1.165) is 67.3 Å². The van der Waals surface area contributed by atoms with E-state index in [9.17, 15) is 0 Å². The van der Waals surface area contributed by atoms with Crippen LogP contribution in [0.1, 0.15) is 26.3 Å². The first-order chi connectivity index (χ1) is 27.9. The lowest BCUT2D eigenvalue weighted by Crippen LogP contribution is -2.29. The van der Waals surface area contributed by atoms with Crippen molar-refractivity contribution in [2.24, 2.45) is 0 Å². The van der Waals surface area contributed by atoms with Crippen LogP contribution < -0.4 is 9.30 Å². The Labute approximate surface area is 332 Å². The molecule has 0 atom stereocenters. The molecule has 7 aromatic carbocycles. The van der Waals surface area contributed by atoms with E-state index in [1.54, 1.807) is 0 Å². The highest BCUT2D eigenvalue weighted by Gasteiger charge is 2.20. The van der Waals surface area contributed by atoms with Gasteiger partial charge in [-0.05, 0) is 93.9 Å². The number of fused-ring (bicyclic) bond motifs is 4. The van der Waals surface area contributed by atoms with Gasteiger partial charge in [0.1, 0.15) is 17.3 Å². The molecule has 0 aliphatic heterocycles. The zero-order valence-electron chi connectivity index (χ0n) is 32.1. The van der Waals surface area contributed by atoms with Gasteiger partial charge in [-0.1, -0.05) is 136 Å². The number of benzene rings is 7. The average molecular weight is 737 g/mol. The maximum atomic E-state index is 6.71. The lowest BCUT2D eigenvalue weighted by Gasteiger charge is -2.20. The Kier molecular flexibility index (Phi) is 8.30. The van der Waals surface area contributed by atoms with Crippen LogP contribution in [0.15, 0.2) is 188 Å². The maximum absolute atomic E-state index is 6.71. The number of hydrogen-bond donors (Lipinski definition) is 0. The van der Waals surface area contributed by atoms with Gasteiger partial charge in [-0.3, -0.25) is 13.7 Å². The lowest BCUT2D eigenvalue weighted by molar-refractivity contribution is -0.572. The largest absolute Gasteiger partial charge is 0.458 e. The van der Waals surface area contributed by atoms with Crippen molar-refractivity contribution in [2.75, 3.05) is 0 Å². The molecule has 0 N–H and O–H groups in total. The van der Waals surface area contributed by atoms with Gasteiger partial charge < -0.3 is 4.74 Å². The topological polar surface area (TPSA) is 35.9 Å². The normalized spacial score (nSPS) is 11.8. The Balaban J connectivity index is 1.09. The minimum absolute atomic E-state index is 0.00715.